The zero-order chi connectivity index (χ0) is 37.3. The first kappa shape index (κ1) is 38.9. The summed E-state index contributed by atoms with van der Waals surface area (Å²) in [5.74, 6) is -0.0568. The number of hydrogen-bond donors (Lipinski definition) is 1. The second kappa shape index (κ2) is 16.8. The number of anilines is 1. The Morgan fingerprint density at radius 2 is 1.39 bits per heavy atom. The Balaban J connectivity index is 1.91. The molecule has 0 aliphatic rings. The number of rotatable bonds is 15. The smallest absolute Gasteiger partial charge is 0.265 e. The van der Waals surface area contributed by atoms with Gasteiger partial charge >= 0.3 is 0 Å². The van der Waals surface area contributed by atoms with Crippen molar-refractivity contribution in [1.82, 2.24) is 10.2 Å². The van der Waals surface area contributed by atoms with E-state index in [2.05, 4.69) is 5.32 Å². The summed E-state index contributed by atoms with van der Waals surface area (Å²) in [6.45, 7) is 4.82. The third-order valence-electron chi connectivity index (χ3n) is 7.91. The SMILES string of the molecule is COc1ccc(OC)c(N(CC(=O)N(Cc2ccc(Cl)cc2)[C@@H](Cc2ccccc2)C(=O)NC(C)(C)C)S(=O)(=O)c2ccc(OC)c(OC)c2)c1. The Kier molecular flexibility index (Phi) is 12.8. The number of carbonyl (C=O) groups excluding carboxylic acids is 2. The lowest BCUT2D eigenvalue weighted by atomic mass is 10.0. The van der Waals surface area contributed by atoms with Crippen molar-refractivity contribution in [3.63, 3.8) is 0 Å². The first-order valence-corrected chi connectivity index (χ1v) is 17.9. The predicted molar refractivity (Wildman–Crippen MR) is 197 cm³/mol. The molecule has 4 rings (SSSR count). The first-order chi connectivity index (χ1) is 24.2. The molecular formula is C38H44ClN3O8S. The van der Waals surface area contributed by atoms with Crippen molar-refractivity contribution in [2.75, 3.05) is 39.3 Å². The van der Waals surface area contributed by atoms with E-state index in [9.17, 15) is 18.0 Å². The van der Waals surface area contributed by atoms with E-state index >= 15 is 0 Å². The number of hydrogen-bond acceptors (Lipinski definition) is 8. The van der Waals surface area contributed by atoms with Gasteiger partial charge in [-0.1, -0.05) is 54.1 Å². The van der Waals surface area contributed by atoms with Crippen molar-refractivity contribution in [3.05, 3.63) is 107 Å². The molecule has 0 aromatic heterocycles. The molecule has 0 radical (unpaired) electrons. The van der Waals surface area contributed by atoms with E-state index in [4.69, 9.17) is 30.5 Å². The molecule has 1 N–H and O–H groups in total. The average molecular weight is 738 g/mol. The monoisotopic (exact) mass is 737 g/mol. The molecular weight excluding hydrogens is 694 g/mol. The highest BCUT2D eigenvalue weighted by atomic mass is 35.5. The second-order valence-corrected chi connectivity index (χ2v) is 15.0. The molecule has 13 heteroatoms. The lowest BCUT2D eigenvalue weighted by Gasteiger charge is -2.35. The van der Waals surface area contributed by atoms with Gasteiger partial charge in [-0.3, -0.25) is 13.9 Å². The van der Waals surface area contributed by atoms with Crippen LogP contribution < -0.4 is 28.6 Å². The normalized spacial score (nSPS) is 12.0. The summed E-state index contributed by atoms with van der Waals surface area (Å²) in [5, 5.41) is 3.52. The minimum Gasteiger partial charge on any atom is -0.497 e. The fourth-order valence-corrected chi connectivity index (χ4v) is 6.96. The Labute approximate surface area is 305 Å². The number of ether oxygens (including phenoxy) is 4. The van der Waals surface area contributed by atoms with Crippen LogP contribution in [-0.4, -0.2) is 71.7 Å². The fourth-order valence-electron chi connectivity index (χ4n) is 5.40. The Hall–Kier alpha value is -4.94. The minimum atomic E-state index is -4.51. The van der Waals surface area contributed by atoms with Crippen molar-refractivity contribution in [3.8, 4) is 23.0 Å². The lowest BCUT2D eigenvalue weighted by Crippen LogP contribution is -2.56. The molecule has 0 saturated carbocycles. The first-order valence-electron chi connectivity index (χ1n) is 16.1. The molecule has 2 amide bonds. The Morgan fingerprint density at radius 3 is 1.98 bits per heavy atom. The molecule has 0 aliphatic carbocycles. The van der Waals surface area contributed by atoms with Gasteiger partial charge in [0, 0.05) is 35.7 Å². The van der Waals surface area contributed by atoms with Crippen LogP contribution in [0.1, 0.15) is 31.9 Å². The molecule has 0 heterocycles. The van der Waals surface area contributed by atoms with Gasteiger partial charge in [0.1, 0.15) is 24.1 Å². The van der Waals surface area contributed by atoms with Crippen molar-refractivity contribution in [1.29, 1.82) is 0 Å². The highest BCUT2D eigenvalue weighted by Crippen LogP contribution is 2.38. The molecule has 0 bridgehead atoms. The van der Waals surface area contributed by atoms with Crippen LogP contribution in [0.2, 0.25) is 5.02 Å². The third kappa shape index (κ3) is 9.86. The van der Waals surface area contributed by atoms with Gasteiger partial charge < -0.3 is 29.2 Å². The maximum atomic E-state index is 14.9. The number of methoxy groups -OCH3 is 4. The predicted octanol–water partition coefficient (Wildman–Crippen LogP) is 6.12. The average Bonchev–Trinajstić information content (AvgIpc) is 3.11. The summed E-state index contributed by atoms with van der Waals surface area (Å²) in [6, 6.07) is 24.0. The molecule has 4 aromatic rings. The zero-order valence-electron chi connectivity index (χ0n) is 29.8. The van der Waals surface area contributed by atoms with E-state index in [0.29, 0.717) is 22.1 Å². The van der Waals surface area contributed by atoms with E-state index < -0.39 is 40.0 Å². The van der Waals surface area contributed by atoms with Crippen LogP contribution in [0.25, 0.3) is 0 Å². The second-order valence-electron chi connectivity index (χ2n) is 12.7. The molecule has 0 spiro atoms. The van der Waals surface area contributed by atoms with Crippen LogP contribution in [0.15, 0.2) is 95.9 Å². The van der Waals surface area contributed by atoms with Crippen LogP contribution in [0.3, 0.4) is 0 Å². The summed E-state index contributed by atoms with van der Waals surface area (Å²) in [6.07, 6.45) is 0.160. The van der Waals surface area contributed by atoms with Gasteiger partial charge in [-0.2, -0.15) is 0 Å². The van der Waals surface area contributed by atoms with Gasteiger partial charge in [0.2, 0.25) is 11.8 Å². The number of amides is 2. The summed E-state index contributed by atoms with van der Waals surface area (Å²) in [5.41, 5.74) is 0.912. The third-order valence-corrected chi connectivity index (χ3v) is 9.92. The molecule has 0 saturated heterocycles. The molecule has 0 aliphatic heterocycles. The Morgan fingerprint density at radius 1 is 0.765 bits per heavy atom. The molecule has 0 unspecified atom stereocenters. The summed E-state index contributed by atoms with van der Waals surface area (Å²) >= 11 is 6.19. The molecule has 0 fully saturated rings. The van der Waals surface area contributed by atoms with Crippen molar-refractivity contribution >= 4 is 39.1 Å². The zero-order valence-corrected chi connectivity index (χ0v) is 31.4. The van der Waals surface area contributed by atoms with E-state index in [1.807, 2.05) is 51.1 Å². The van der Waals surface area contributed by atoms with E-state index in [-0.39, 0.29) is 35.0 Å². The molecule has 1 atom stereocenters. The fraction of sp³-hybridized carbons (Fsp3) is 0.316. The van der Waals surface area contributed by atoms with Crippen LogP contribution >= 0.6 is 11.6 Å². The molecule has 272 valence electrons. The lowest BCUT2D eigenvalue weighted by molar-refractivity contribution is -0.140. The number of carbonyl (C=O) groups is 2. The summed E-state index contributed by atoms with van der Waals surface area (Å²) in [4.78, 5) is 30.2. The van der Waals surface area contributed by atoms with E-state index in [0.717, 1.165) is 9.87 Å². The van der Waals surface area contributed by atoms with E-state index in [1.165, 1.54) is 57.6 Å². The summed E-state index contributed by atoms with van der Waals surface area (Å²) < 4.78 is 52.1. The number of nitrogens with zero attached hydrogens (tertiary/aromatic N) is 2. The minimum absolute atomic E-state index is 0.0233. The van der Waals surface area contributed by atoms with Crippen molar-refractivity contribution < 1.29 is 37.0 Å². The van der Waals surface area contributed by atoms with Gasteiger partial charge in [-0.15, -0.1) is 0 Å². The maximum absolute atomic E-state index is 14.9. The van der Waals surface area contributed by atoms with Crippen molar-refractivity contribution in [2.24, 2.45) is 0 Å². The number of nitrogens with one attached hydrogen (secondary N) is 1. The van der Waals surface area contributed by atoms with Gasteiger partial charge in [-0.05, 0) is 68.3 Å². The van der Waals surface area contributed by atoms with Crippen LogP contribution in [-0.2, 0) is 32.6 Å². The van der Waals surface area contributed by atoms with Gasteiger partial charge in [0.15, 0.2) is 11.5 Å². The highest BCUT2D eigenvalue weighted by Gasteiger charge is 2.37. The van der Waals surface area contributed by atoms with Crippen LogP contribution in [0, 0.1) is 0 Å². The number of sulfonamides is 1. The highest BCUT2D eigenvalue weighted by molar-refractivity contribution is 7.92. The maximum Gasteiger partial charge on any atom is 0.265 e. The molecule has 11 nitrogen and oxygen atoms in total. The standard InChI is InChI=1S/C38H44ClN3O8S/c1-38(2,3)40-37(44)32(21-26-11-9-8-10-12-26)41(24-27-13-15-28(39)16-14-27)36(43)25-42(31-22-29(47-4)17-19-33(31)48-5)51(45,46)30-18-20-34(49-6)35(23-30)50-7/h8-20,22-23,32H,21,24-25H2,1-7H3,(H,40,44)/t32-/m0/s1. The number of benzene rings is 4. The van der Waals surface area contributed by atoms with Crippen LogP contribution in [0.5, 0.6) is 23.0 Å². The molecule has 51 heavy (non-hydrogen) atoms. The summed E-state index contributed by atoms with van der Waals surface area (Å²) in [7, 11) is 1.16. The largest absolute Gasteiger partial charge is 0.497 e. The van der Waals surface area contributed by atoms with Gasteiger partial charge in [0.05, 0.1) is 39.0 Å². The van der Waals surface area contributed by atoms with Gasteiger partial charge in [0.25, 0.3) is 10.0 Å². The Bertz CT molecular complexity index is 1920. The van der Waals surface area contributed by atoms with Gasteiger partial charge in [-0.25, -0.2) is 8.42 Å². The van der Waals surface area contributed by atoms with Crippen LogP contribution in [0.4, 0.5) is 5.69 Å². The number of halogens is 1. The quantitative estimate of drug-likeness (QED) is 0.155. The van der Waals surface area contributed by atoms with E-state index in [1.54, 1.807) is 36.4 Å². The van der Waals surface area contributed by atoms with Crippen molar-refractivity contribution in [2.45, 2.75) is 50.2 Å². The topological polar surface area (TPSA) is 124 Å². The molecule has 4 aromatic carbocycles.